The first-order chi connectivity index (χ1) is 12.8. The quantitative estimate of drug-likeness (QED) is 0.291. The van der Waals surface area contributed by atoms with Gasteiger partial charge in [-0.05, 0) is 49.5 Å². The van der Waals surface area contributed by atoms with E-state index >= 15 is 0 Å². The number of likely N-dealkylation sites (N-methyl/N-ethyl adjacent to an activating group) is 1. The predicted molar refractivity (Wildman–Crippen MR) is 114 cm³/mol. The lowest BCUT2D eigenvalue weighted by molar-refractivity contribution is 0.156. The van der Waals surface area contributed by atoms with E-state index in [1.807, 2.05) is 13.1 Å². The molecular formula is C23H35FN2O. The molecular weight excluding hydrogens is 339 g/mol. The molecule has 3 nitrogen and oxygen atoms in total. The third-order valence-electron chi connectivity index (χ3n) is 4.63. The van der Waals surface area contributed by atoms with Gasteiger partial charge in [0.1, 0.15) is 5.83 Å². The molecule has 2 unspecified atom stereocenters. The summed E-state index contributed by atoms with van der Waals surface area (Å²) in [6.07, 6.45) is 7.63. The Morgan fingerprint density at radius 3 is 2.74 bits per heavy atom. The molecule has 0 saturated heterocycles. The van der Waals surface area contributed by atoms with Gasteiger partial charge in [0.15, 0.2) is 0 Å². The zero-order chi connectivity index (χ0) is 20.4. The van der Waals surface area contributed by atoms with Crippen molar-refractivity contribution in [1.82, 2.24) is 10.6 Å². The fraction of sp³-hybridized carbons (Fsp3) is 0.478. The van der Waals surface area contributed by atoms with Crippen LogP contribution in [0, 0.1) is 5.92 Å². The maximum absolute atomic E-state index is 14.3. The minimum Gasteiger partial charge on any atom is -0.387 e. The van der Waals surface area contributed by atoms with E-state index in [1.165, 1.54) is 6.08 Å². The highest BCUT2D eigenvalue weighted by molar-refractivity contribution is 5.40. The van der Waals surface area contributed by atoms with Crippen LogP contribution in [0.15, 0.2) is 71.9 Å². The Balaban J connectivity index is 2.82. The van der Waals surface area contributed by atoms with Gasteiger partial charge in [-0.3, -0.25) is 0 Å². The first kappa shape index (κ1) is 23.0. The summed E-state index contributed by atoms with van der Waals surface area (Å²) in [5.74, 6) is -0.0931. The molecule has 1 rings (SSSR count). The minimum absolute atomic E-state index is 0.115. The van der Waals surface area contributed by atoms with Crippen LogP contribution in [-0.2, 0) is 4.74 Å². The molecule has 0 aromatic heterocycles. The minimum atomic E-state index is -0.208. The second-order valence-corrected chi connectivity index (χ2v) is 7.12. The maximum Gasteiger partial charge on any atom is 0.127 e. The number of hydrogen-bond acceptors (Lipinski definition) is 3. The van der Waals surface area contributed by atoms with Gasteiger partial charge in [-0.25, -0.2) is 4.39 Å². The molecule has 0 amide bonds. The van der Waals surface area contributed by atoms with Gasteiger partial charge in [0, 0.05) is 38.2 Å². The van der Waals surface area contributed by atoms with E-state index in [1.54, 1.807) is 7.05 Å². The average molecular weight is 375 g/mol. The summed E-state index contributed by atoms with van der Waals surface area (Å²) in [7, 11) is 1.69. The van der Waals surface area contributed by atoms with Crippen LogP contribution in [0.2, 0.25) is 0 Å². The topological polar surface area (TPSA) is 33.3 Å². The molecule has 150 valence electrons. The van der Waals surface area contributed by atoms with Crippen LogP contribution in [0.1, 0.15) is 40.0 Å². The van der Waals surface area contributed by atoms with Crippen LogP contribution in [-0.4, -0.2) is 26.3 Å². The Morgan fingerprint density at radius 2 is 2.15 bits per heavy atom. The van der Waals surface area contributed by atoms with Crippen LogP contribution < -0.4 is 10.6 Å². The van der Waals surface area contributed by atoms with Gasteiger partial charge in [0.05, 0.1) is 12.3 Å². The second-order valence-electron chi connectivity index (χ2n) is 7.12. The van der Waals surface area contributed by atoms with Gasteiger partial charge in [0.2, 0.25) is 0 Å². The number of hydrogen-bond donors (Lipinski definition) is 2. The molecule has 0 bridgehead atoms. The molecule has 1 aliphatic rings. The molecule has 2 atom stereocenters. The zero-order valence-corrected chi connectivity index (χ0v) is 17.3. The van der Waals surface area contributed by atoms with E-state index in [-0.39, 0.29) is 24.2 Å². The molecule has 0 spiro atoms. The first-order valence-electron chi connectivity index (χ1n) is 9.58. The molecule has 4 heteroatoms. The van der Waals surface area contributed by atoms with E-state index in [4.69, 9.17) is 4.74 Å². The van der Waals surface area contributed by atoms with Crippen molar-refractivity contribution in [3.05, 3.63) is 71.9 Å². The molecule has 0 aromatic rings. The highest BCUT2D eigenvalue weighted by Gasteiger charge is 2.24. The number of ether oxygens (including phenoxy) is 1. The van der Waals surface area contributed by atoms with E-state index in [9.17, 15) is 4.39 Å². The fourth-order valence-corrected chi connectivity index (χ4v) is 3.09. The van der Waals surface area contributed by atoms with Gasteiger partial charge in [0.25, 0.3) is 0 Å². The van der Waals surface area contributed by atoms with Crippen molar-refractivity contribution in [2.24, 2.45) is 5.92 Å². The normalized spacial score (nSPS) is 21.1. The Kier molecular flexibility index (Phi) is 9.87. The zero-order valence-electron chi connectivity index (χ0n) is 17.3. The average Bonchev–Trinajstić information content (AvgIpc) is 2.62. The summed E-state index contributed by atoms with van der Waals surface area (Å²) < 4.78 is 19.9. The number of allylic oxidation sites excluding steroid dienone is 4. The largest absolute Gasteiger partial charge is 0.387 e. The number of halogens is 1. The van der Waals surface area contributed by atoms with E-state index in [2.05, 4.69) is 50.3 Å². The Hall–Kier alpha value is -2.07. The van der Waals surface area contributed by atoms with Gasteiger partial charge in [-0.15, -0.1) is 0 Å². The third-order valence-corrected chi connectivity index (χ3v) is 4.63. The summed E-state index contributed by atoms with van der Waals surface area (Å²) in [5.41, 5.74) is 4.61. The first-order valence-corrected chi connectivity index (χ1v) is 9.58. The van der Waals surface area contributed by atoms with Gasteiger partial charge in [-0.1, -0.05) is 38.3 Å². The van der Waals surface area contributed by atoms with E-state index < -0.39 is 0 Å². The molecule has 1 heterocycles. The molecule has 0 radical (unpaired) electrons. The fourth-order valence-electron chi connectivity index (χ4n) is 3.09. The Bertz CT molecular complexity index is 643. The van der Waals surface area contributed by atoms with Crippen LogP contribution in [0.5, 0.6) is 0 Å². The molecule has 1 aliphatic heterocycles. The predicted octanol–water partition coefficient (Wildman–Crippen LogP) is 5.33. The number of nitrogens with one attached hydrogen (secondary N) is 2. The summed E-state index contributed by atoms with van der Waals surface area (Å²) in [5, 5.41) is 6.23. The molecule has 0 aromatic carbocycles. The van der Waals surface area contributed by atoms with Crippen LogP contribution in [0.3, 0.4) is 0 Å². The lowest BCUT2D eigenvalue weighted by atomic mass is 9.82. The Labute approximate surface area is 164 Å². The monoisotopic (exact) mass is 374 g/mol. The van der Waals surface area contributed by atoms with Crippen molar-refractivity contribution in [2.75, 3.05) is 20.3 Å². The molecule has 0 saturated carbocycles. The summed E-state index contributed by atoms with van der Waals surface area (Å²) >= 11 is 0. The molecule has 27 heavy (non-hydrogen) atoms. The van der Waals surface area contributed by atoms with Crippen molar-refractivity contribution < 1.29 is 9.13 Å². The standard InChI is InChI=1S/C23H35FN2O/c1-8-10-27-15-17(4)11-20-14-26-19(6)21(18(20)5)12-16(3)13-22(24)23(9-2)25-7/h9,12,14,19,21,25-26H,2,4-5,8,10-11,13,15H2,1,3,6-7H3/b16-12?,23-22-. The molecule has 0 aliphatic carbocycles. The van der Waals surface area contributed by atoms with Gasteiger partial charge < -0.3 is 15.4 Å². The van der Waals surface area contributed by atoms with Crippen molar-refractivity contribution in [3.8, 4) is 0 Å². The smallest absolute Gasteiger partial charge is 0.127 e. The second kappa shape index (κ2) is 11.6. The highest BCUT2D eigenvalue weighted by Crippen LogP contribution is 2.32. The van der Waals surface area contributed by atoms with Crippen molar-refractivity contribution in [1.29, 1.82) is 0 Å². The van der Waals surface area contributed by atoms with Crippen molar-refractivity contribution >= 4 is 0 Å². The summed E-state index contributed by atoms with van der Waals surface area (Å²) in [4.78, 5) is 0. The van der Waals surface area contributed by atoms with E-state index in [0.717, 1.165) is 41.7 Å². The van der Waals surface area contributed by atoms with Crippen LogP contribution in [0.25, 0.3) is 0 Å². The van der Waals surface area contributed by atoms with Crippen molar-refractivity contribution in [3.63, 3.8) is 0 Å². The lowest BCUT2D eigenvalue weighted by Gasteiger charge is -2.31. The lowest BCUT2D eigenvalue weighted by Crippen LogP contribution is -2.35. The summed E-state index contributed by atoms with van der Waals surface area (Å²) in [6, 6.07) is 0.205. The van der Waals surface area contributed by atoms with E-state index in [0.29, 0.717) is 12.3 Å². The SMILES string of the molecule is C=C/C(NC)=C(/F)CC(C)=CC1C(=C)C(CC(=C)COCCC)=CNC1C. The van der Waals surface area contributed by atoms with Crippen LogP contribution >= 0.6 is 0 Å². The van der Waals surface area contributed by atoms with Crippen molar-refractivity contribution in [2.45, 2.75) is 46.1 Å². The molecule has 0 fully saturated rings. The molecule has 2 N–H and O–H groups in total. The third kappa shape index (κ3) is 7.22. The maximum atomic E-state index is 14.3. The highest BCUT2D eigenvalue weighted by atomic mass is 19.1. The Morgan fingerprint density at radius 1 is 1.44 bits per heavy atom. The van der Waals surface area contributed by atoms with Gasteiger partial charge in [-0.2, -0.15) is 0 Å². The van der Waals surface area contributed by atoms with Crippen LogP contribution in [0.4, 0.5) is 4.39 Å². The van der Waals surface area contributed by atoms with Gasteiger partial charge >= 0.3 is 0 Å². The number of rotatable bonds is 11. The summed E-state index contributed by atoms with van der Waals surface area (Å²) in [6.45, 7) is 19.5.